The summed E-state index contributed by atoms with van der Waals surface area (Å²) in [5.41, 5.74) is 16.5. The minimum Gasteiger partial charge on any atom is -0.368 e. The van der Waals surface area contributed by atoms with Crippen molar-refractivity contribution in [1.82, 2.24) is 5.32 Å². The Morgan fingerprint density at radius 2 is 1.89 bits per heavy atom. The van der Waals surface area contributed by atoms with E-state index in [-0.39, 0.29) is 36.4 Å². The van der Waals surface area contributed by atoms with E-state index in [2.05, 4.69) is 11.2 Å². The van der Waals surface area contributed by atoms with Crippen LogP contribution in [0.1, 0.15) is 25.7 Å². The zero-order chi connectivity index (χ0) is 13.8. The smallest absolute Gasteiger partial charge is 0.236 e. The second kappa shape index (κ2) is 5.85. The fourth-order valence-electron chi connectivity index (χ4n) is 2.27. The maximum Gasteiger partial charge on any atom is 0.236 e. The molecule has 2 amide bonds. The topological polar surface area (TPSA) is 124 Å². The van der Waals surface area contributed by atoms with Gasteiger partial charge < -0.3 is 22.5 Å². The van der Waals surface area contributed by atoms with Crippen LogP contribution >= 0.6 is 0 Å². The summed E-state index contributed by atoms with van der Waals surface area (Å²) in [7, 11) is 0. The molecule has 7 N–H and O–H groups in total. The van der Waals surface area contributed by atoms with Gasteiger partial charge in [0.15, 0.2) is 0 Å². The third kappa shape index (κ3) is 3.22. The Balaban J connectivity index is 2.38. The highest BCUT2D eigenvalue weighted by Crippen LogP contribution is 2.50. The van der Waals surface area contributed by atoms with E-state index in [4.69, 9.17) is 23.6 Å². The molecule has 6 nitrogen and oxygen atoms in total. The quantitative estimate of drug-likeness (QED) is 0.409. The van der Waals surface area contributed by atoms with E-state index in [1.165, 1.54) is 0 Å². The number of carbonyl (C=O) groups excluding carboxylic acids is 2. The predicted octanol–water partition coefficient (Wildman–Crippen LogP) is -1.56. The molecule has 0 radical (unpaired) electrons. The first kappa shape index (κ1) is 14.5. The number of carbonyl (C=O) groups is 2. The summed E-state index contributed by atoms with van der Waals surface area (Å²) >= 11 is 0. The summed E-state index contributed by atoms with van der Waals surface area (Å²) in [6.45, 7) is -0.145. The number of rotatable bonds is 7. The van der Waals surface area contributed by atoms with Crippen LogP contribution < -0.4 is 22.5 Å². The van der Waals surface area contributed by atoms with Gasteiger partial charge in [-0.1, -0.05) is 0 Å². The Morgan fingerprint density at radius 1 is 1.28 bits per heavy atom. The molecule has 1 rings (SSSR count). The Kier molecular flexibility index (Phi) is 4.70. The molecule has 1 saturated carbocycles. The molecule has 0 aromatic heterocycles. The third-order valence-electron chi connectivity index (χ3n) is 3.62. The first-order chi connectivity index (χ1) is 8.44. The molecule has 6 heteroatoms. The van der Waals surface area contributed by atoms with Crippen LogP contribution in [0.3, 0.4) is 0 Å². The lowest BCUT2D eigenvalue weighted by Crippen LogP contribution is -2.33. The number of nitrogens with one attached hydrogen (secondary N) is 1. The van der Waals surface area contributed by atoms with Crippen molar-refractivity contribution >= 4 is 11.8 Å². The van der Waals surface area contributed by atoms with Crippen molar-refractivity contribution in [3.05, 3.63) is 0 Å². The zero-order valence-electron chi connectivity index (χ0n) is 10.3. The summed E-state index contributed by atoms with van der Waals surface area (Å²) in [6, 6.07) is -0.204. The summed E-state index contributed by atoms with van der Waals surface area (Å²) in [5.74, 6) is 1.77. The van der Waals surface area contributed by atoms with Gasteiger partial charge in [-0.05, 0) is 12.8 Å². The Bertz CT molecular complexity index is 367. The van der Waals surface area contributed by atoms with E-state index in [1.807, 2.05) is 0 Å². The average molecular weight is 252 g/mol. The van der Waals surface area contributed by atoms with Crippen LogP contribution in [-0.4, -0.2) is 30.4 Å². The average Bonchev–Trinajstić information content (AvgIpc) is 2.84. The van der Waals surface area contributed by atoms with Crippen molar-refractivity contribution in [2.75, 3.05) is 6.54 Å². The molecule has 2 atom stereocenters. The van der Waals surface area contributed by atoms with Gasteiger partial charge in [-0.3, -0.25) is 9.59 Å². The van der Waals surface area contributed by atoms with Crippen LogP contribution in [0.25, 0.3) is 0 Å². The number of hydrogen-bond acceptors (Lipinski definition) is 4. The highest BCUT2D eigenvalue weighted by Gasteiger charge is 2.59. The van der Waals surface area contributed by atoms with Crippen molar-refractivity contribution in [3.8, 4) is 12.3 Å². The molecule has 0 heterocycles. The molecule has 2 unspecified atom stereocenters. The molecule has 100 valence electrons. The first-order valence-electron chi connectivity index (χ1n) is 5.93. The number of amides is 2. The van der Waals surface area contributed by atoms with Gasteiger partial charge in [-0.2, -0.15) is 0 Å². The summed E-state index contributed by atoms with van der Waals surface area (Å²) in [5, 5.41) is 2.43. The Labute approximate surface area is 107 Å². The maximum absolute atomic E-state index is 11.5. The van der Waals surface area contributed by atoms with Crippen LogP contribution in [0.2, 0.25) is 0 Å². The number of nitrogens with two attached hydrogens (primary N) is 3. The van der Waals surface area contributed by atoms with Crippen molar-refractivity contribution < 1.29 is 9.59 Å². The van der Waals surface area contributed by atoms with E-state index in [9.17, 15) is 9.59 Å². The molecule has 0 aliphatic heterocycles. The number of hydrogen-bond donors (Lipinski definition) is 4. The fourth-order valence-corrected chi connectivity index (χ4v) is 2.27. The van der Waals surface area contributed by atoms with Gasteiger partial charge in [0.05, 0.1) is 6.54 Å². The monoisotopic (exact) mass is 252 g/mol. The minimum atomic E-state index is -0.565. The zero-order valence-corrected chi connectivity index (χ0v) is 10.3. The molecule has 18 heavy (non-hydrogen) atoms. The molecule has 1 aliphatic carbocycles. The summed E-state index contributed by atoms with van der Waals surface area (Å²) in [4.78, 5) is 22.0. The molecule has 0 bridgehead atoms. The van der Waals surface area contributed by atoms with Crippen LogP contribution in [0, 0.1) is 17.8 Å². The molecular weight excluding hydrogens is 232 g/mol. The van der Waals surface area contributed by atoms with E-state index < -0.39 is 5.91 Å². The van der Waals surface area contributed by atoms with Crippen molar-refractivity contribution in [3.63, 3.8) is 0 Å². The molecule has 1 fully saturated rings. The number of terminal acetylenes is 1. The van der Waals surface area contributed by atoms with Gasteiger partial charge in [0.2, 0.25) is 11.8 Å². The second-order valence-electron chi connectivity index (χ2n) is 4.73. The number of primary amides is 1. The first-order valence-corrected chi connectivity index (χ1v) is 5.93. The largest absolute Gasteiger partial charge is 0.368 e. The van der Waals surface area contributed by atoms with E-state index >= 15 is 0 Å². The molecule has 0 spiro atoms. The third-order valence-corrected chi connectivity index (χ3v) is 3.62. The predicted molar refractivity (Wildman–Crippen MR) is 67.9 cm³/mol. The molecular formula is C12H20N4O2. The van der Waals surface area contributed by atoms with Gasteiger partial charge in [0, 0.05) is 30.3 Å². The lowest BCUT2D eigenvalue weighted by Gasteiger charge is -2.15. The summed E-state index contributed by atoms with van der Waals surface area (Å²) in [6.07, 6.45) is 7.42. The molecule has 0 aromatic rings. The van der Waals surface area contributed by atoms with E-state index in [1.54, 1.807) is 0 Å². The lowest BCUT2D eigenvalue weighted by atomic mass is 9.92. The molecule has 0 aromatic carbocycles. The Morgan fingerprint density at radius 3 is 2.33 bits per heavy atom. The molecule has 0 saturated heterocycles. The van der Waals surface area contributed by atoms with Gasteiger partial charge in [-0.15, -0.1) is 12.3 Å². The standard InChI is InChI=1S/C12H20N4O2/c1-2-3-5-12(10(14)11(12)15)6-4-9(18)16-7-8(13)17/h1,10-11H,3-7,14-15H2,(H2,13,17)(H,16,18). The van der Waals surface area contributed by atoms with Crippen molar-refractivity contribution in [1.29, 1.82) is 0 Å². The van der Waals surface area contributed by atoms with E-state index in [0.717, 1.165) is 6.42 Å². The van der Waals surface area contributed by atoms with Crippen LogP contribution in [-0.2, 0) is 9.59 Å². The maximum atomic E-state index is 11.5. The van der Waals surface area contributed by atoms with Gasteiger partial charge >= 0.3 is 0 Å². The van der Waals surface area contributed by atoms with Crippen molar-refractivity contribution in [2.24, 2.45) is 22.6 Å². The highest BCUT2D eigenvalue weighted by molar-refractivity contribution is 5.83. The van der Waals surface area contributed by atoms with Gasteiger partial charge in [-0.25, -0.2) is 0 Å². The normalized spacial score (nSPS) is 29.4. The summed E-state index contributed by atoms with van der Waals surface area (Å²) < 4.78 is 0. The molecule has 1 aliphatic rings. The second-order valence-corrected chi connectivity index (χ2v) is 4.73. The van der Waals surface area contributed by atoms with Gasteiger partial charge in [0.25, 0.3) is 0 Å². The van der Waals surface area contributed by atoms with Gasteiger partial charge in [0.1, 0.15) is 0 Å². The Hall–Kier alpha value is -1.58. The highest BCUT2D eigenvalue weighted by atomic mass is 16.2. The van der Waals surface area contributed by atoms with Crippen LogP contribution in [0.4, 0.5) is 0 Å². The van der Waals surface area contributed by atoms with E-state index in [0.29, 0.717) is 12.8 Å². The SMILES string of the molecule is C#CCCC1(CCC(=O)NCC(N)=O)C(N)C1N. The lowest BCUT2D eigenvalue weighted by molar-refractivity contribution is -0.125. The van der Waals surface area contributed by atoms with Crippen LogP contribution in [0.5, 0.6) is 0 Å². The van der Waals surface area contributed by atoms with Crippen LogP contribution in [0.15, 0.2) is 0 Å². The van der Waals surface area contributed by atoms with Crippen molar-refractivity contribution in [2.45, 2.75) is 37.8 Å². The minimum absolute atomic E-state index is 0.102. The fraction of sp³-hybridized carbons (Fsp3) is 0.667.